The molecule has 0 spiro atoms. The Morgan fingerprint density at radius 1 is 0.806 bits per heavy atom. The first-order chi connectivity index (χ1) is 15.1. The van der Waals surface area contributed by atoms with Crippen molar-refractivity contribution in [3.05, 3.63) is 90.0 Å². The van der Waals surface area contributed by atoms with Gasteiger partial charge in [0.1, 0.15) is 11.5 Å². The highest BCUT2D eigenvalue weighted by molar-refractivity contribution is 5.99. The van der Waals surface area contributed by atoms with Crippen LogP contribution in [0, 0.1) is 0 Å². The van der Waals surface area contributed by atoms with Crippen LogP contribution in [-0.4, -0.2) is 25.1 Å². The Morgan fingerprint density at radius 3 is 2.13 bits per heavy atom. The summed E-state index contributed by atoms with van der Waals surface area (Å²) in [6, 6.07) is 22.6. The summed E-state index contributed by atoms with van der Waals surface area (Å²) < 4.78 is 16.6. The molecule has 0 aliphatic heterocycles. The number of benzene rings is 3. The van der Waals surface area contributed by atoms with Crippen molar-refractivity contribution in [3.63, 3.8) is 0 Å². The molecule has 3 rings (SSSR count). The second-order valence-electron chi connectivity index (χ2n) is 6.57. The zero-order chi connectivity index (χ0) is 22.1. The first-order valence-corrected chi connectivity index (χ1v) is 10.1. The van der Waals surface area contributed by atoms with Crippen LogP contribution in [0.15, 0.2) is 78.9 Å². The maximum Gasteiger partial charge on any atom is 0.339 e. The van der Waals surface area contributed by atoms with Gasteiger partial charge in [0.15, 0.2) is 0 Å². The molecule has 160 valence electrons. The summed E-state index contributed by atoms with van der Waals surface area (Å²) in [7, 11) is 0. The minimum atomic E-state index is -1.13. The van der Waals surface area contributed by atoms with E-state index in [2.05, 4.69) is 5.32 Å². The van der Waals surface area contributed by atoms with Crippen LogP contribution in [-0.2, 0) is 9.53 Å². The first kappa shape index (κ1) is 21.9. The van der Waals surface area contributed by atoms with Crippen molar-refractivity contribution >= 4 is 17.6 Å². The topological polar surface area (TPSA) is 73.9 Å². The van der Waals surface area contributed by atoms with E-state index in [0.717, 1.165) is 0 Å². The Balaban J connectivity index is 1.82. The number of carbonyl (C=O) groups is 2. The third-order valence-corrected chi connectivity index (χ3v) is 4.41. The highest BCUT2D eigenvalue weighted by Crippen LogP contribution is 2.27. The average molecular weight is 419 g/mol. The lowest BCUT2D eigenvalue weighted by molar-refractivity contribution is -0.125. The number of rotatable bonds is 9. The van der Waals surface area contributed by atoms with Crippen molar-refractivity contribution in [1.29, 1.82) is 0 Å². The summed E-state index contributed by atoms with van der Waals surface area (Å²) in [4.78, 5) is 25.9. The summed E-state index contributed by atoms with van der Waals surface area (Å²) in [6.07, 6.45) is -1.13. The van der Waals surface area contributed by atoms with E-state index in [4.69, 9.17) is 14.2 Å². The van der Waals surface area contributed by atoms with Gasteiger partial charge in [-0.3, -0.25) is 4.79 Å². The fourth-order valence-electron chi connectivity index (χ4n) is 2.98. The molecular weight excluding hydrogens is 394 g/mol. The molecule has 0 heterocycles. The van der Waals surface area contributed by atoms with Gasteiger partial charge in [-0.05, 0) is 50.2 Å². The maximum atomic E-state index is 13.1. The molecule has 0 aliphatic carbocycles. The molecule has 0 aliphatic rings. The normalized spacial score (nSPS) is 11.3. The largest absolute Gasteiger partial charge is 0.494 e. The van der Waals surface area contributed by atoms with Gasteiger partial charge in [-0.25, -0.2) is 4.79 Å². The number of nitrogens with one attached hydrogen (secondary N) is 1. The van der Waals surface area contributed by atoms with Crippen LogP contribution in [0.3, 0.4) is 0 Å². The van der Waals surface area contributed by atoms with Gasteiger partial charge >= 0.3 is 5.97 Å². The number of para-hydroxylation sites is 2. The summed E-state index contributed by atoms with van der Waals surface area (Å²) in [5.41, 5.74) is 1.40. The van der Waals surface area contributed by atoms with Crippen LogP contribution in [0.1, 0.15) is 35.9 Å². The number of esters is 1. The lowest BCUT2D eigenvalue weighted by atomic mass is 10.1. The standard InChI is InChI=1S/C25H25NO5/c1-3-29-20-16-14-19(15-17-20)25(28)31-23(18-10-6-5-7-11-18)24(27)26-21-12-8-9-13-22(21)30-4-2/h5-17,23H,3-4H2,1-2H3,(H,26,27)/t23-/m0/s1. The van der Waals surface area contributed by atoms with Gasteiger partial charge in [-0.1, -0.05) is 42.5 Å². The van der Waals surface area contributed by atoms with Gasteiger partial charge in [0.2, 0.25) is 6.10 Å². The summed E-state index contributed by atoms with van der Waals surface area (Å²) in [6.45, 7) is 4.74. The van der Waals surface area contributed by atoms with E-state index in [-0.39, 0.29) is 0 Å². The molecule has 6 heteroatoms. The van der Waals surface area contributed by atoms with Crippen molar-refractivity contribution in [2.75, 3.05) is 18.5 Å². The Kier molecular flexibility index (Phi) is 7.65. The first-order valence-electron chi connectivity index (χ1n) is 10.1. The number of ether oxygens (including phenoxy) is 3. The van der Waals surface area contributed by atoms with Crippen LogP contribution in [0.5, 0.6) is 11.5 Å². The molecular formula is C25H25NO5. The Morgan fingerprint density at radius 2 is 1.45 bits per heavy atom. The number of hydrogen-bond acceptors (Lipinski definition) is 5. The second-order valence-corrected chi connectivity index (χ2v) is 6.57. The van der Waals surface area contributed by atoms with E-state index in [1.165, 1.54) is 0 Å². The molecule has 31 heavy (non-hydrogen) atoms. The van der Waals surface area contributed by atoms with E-state index in [0.29, 0.717) is 41.5 Å². The molecule has 1 amide bonds. The molecule has 3 aromatic carbocycles. The second kappa shape index (κ2) is 10.8. The fourth-order valence-corrected chi connectivity index (χ4v) is 2.98. The van der Waals surface area contributed by atoms with Gasteiger partial charge < -0.3 is 19.5 Å². The van der Waals surface area contributed by atoms with Crippen LogP contribution < -0.4 is 14.8 Å². The lowest BCUT2D eigenvalue weighted by Crippen LogP contribution is -2.26. The van der Waals surface area contributed by atoms with Gasteiger partial charge in [0, 0.05) is 5.56 Å². The quantitative estimate of drug-likeness (QED) is 0.493. The van der Waals surface area contributed by atoms with Crippen LogP contribution in [0.2, 0.25) is 0 Å². The van der Waals surface area contributed by atoms with Crippen molar-refractivity contribution in [1.82, 2.24) is 0 Å². The zero-order valence-electron chi connectivity index (χ0n) is 17.5. The summed E-state index contributed by atoms with van der Waals surface area (Å²) in [5, 5.41) is 2.82. The molecule has 1 atom stereocenters. The number of carbonyl (C=O) groups excluding carboxylic acids is 2. The molecule has 0 saturated heterocycles. The van der Waals surface area contributed by atoms with E-state index in [1.54, 1.807) is 66.7 Å². The number of amides is 1. The van der Waals surface area contributed by atoms with Gasteiger partial charge in [-0.15, -0.1) is 0 Å². The zero-order valence-corrected chi connectivity index (χ0v) is 17.5. The smallest absolute Gasteiger partial charge is 0.339 e. The minimum Gasteiger partial charge on any atom is -0.494 e. The summed E-state index contributed by atoms with van der Waals surface area (Å²) >= 11 is 0. The Hall–Kier alpha value is -3.80. The van der Waals surface area contributed by atoms with Crippen molar-refractivity contribution in [2.24, 2.45) is 0 Å². The molecule has 0 aromatic heterocycles. The van der Waals surface area contributed by atoms with E-state index >= 15 is 0 Å². The maximum absolute atomic E-state index is 13.1. The van der Waals surface area contributed by atoms with Crippen LogP contribution >= 0.6 is 0 Å². The molecule has 0 unspecified atom stereocenters. The van der Waals surface area contributed by atoms with Gasteiger partial charge in [-0.2, -0.15) is 0 Å². The molecule has 1 N–H and O–H groups in total. The molecule has 0 fully saturated rings. The third kappa shape index (κ3) is 5.85. The number of hydrogen-bond donors (Lipinski definition) is 1. The van der Waals surface area contributed by atoms with E-state index in [9.17, 15) is 9.59 Å². The molecule has 0 saturated carbocycles. The van der Waals surface area contributed by atoms with Crippen molar-refractivity contribution in [3.8, 4) is 11.5 Å². The lowest BCUT2D eigenvalue weighted by Gasteiger charge is -2.19. The van der Waals surface area contributed by atoms with Crippen LogP contribution in [0.25, 0.3) is 0 Å². The highest BCUT2D eigenvalue weighted by Gasteiger charge is 2.26. The minimum absolute atomic E-state index is 0.326. The molecule has 0 bridgehead atoms. The monoisotopic (exact) mass is 419 g/mol. The van der Waals surface area contributed by atoms with Crippen molar-refractivity contribution < 1.29 is 23.8 Å². The SMILES string of the molecule is CCOc1ccc(C(=O)O[C@H](C(=O)Nc2ccccc2OCC)c2ccccc2)cc1. The summed E-state index contributed by atoms with van der Waals surface area (Å²) in [5.74, 6) is 0.120. The average Bonchev–Trinajstić information content (AvgIpc) is 2.80. The van der Waals surface area contributed by atoms with E-state index in [1.807, 2.05) is 26.0 Å². The molecule has 3 aromatic rings. The van der Waals surface area contributed by atoms with Crippen LogP contribution in [0.4, 0.5) is 5.69 Å². The predicted molar refractivity (Wildman–Crippen MR) is 118 cm³/mol. The Bertz CT molecular complexity index is 1000. The molecule has 6 nitrogen and oxygen atoms in total. The van der Waals surface area contributed by atoms with Gasteiger partial charge in [0.05, 0.1) is 24.5 Å². The van der Waals surface area contributed by atoms with Gasteiger partial charge in [0.25, 0.3) is 5.91 Å². The molecule has 0 radical (unpaired) electrons. The number of anilines is 1. The third-order valence-electron chi connectivity index (χ3n) is 4.41. The Labute approximate surface area is 181 Å². The predicted octanol–water partition coefficient (Wildman–Crippen LogP) is 5.02. The van der Waals surface area contributed by atoms with E-state index < -0.39 is 18.0 Å². The van der Waals surface area contributed by atoms with Crippen molar-refractivity contribution in [2.45, 2.75) is 20.0 Å². The highest BCUT2D eigenvalue weighted by atomic mass is 16.5. The fraction of sp³-hybridized carbons (Fsp3) is 0.200.